The predicted octanol–water partition coefficient (Wildman–Crippen LogP) is 2.89. The van der Waals surface area contributed by atoms with Gasteiger partial charge in [-0.15, -0.1) is 0 Å². The third kappa shape index (κ3) is 9.64. The average molecular weight is 346 g/mol. The van der Waals surface area contributed by atoms with E-state index in [0.29, 0.717) is 0 Å². The van der Waals surface area contributed by atoms with Gasteiger partial charge in [-0.3, -0.25) is 0 Å². The van der Waals surface area contributed by atoms with Gasteiger partial charge in [-0.1, -0.05) is 0 Å². The Balaban J connectivity index is 2.91. The van der Waals surface area contributed by atoms with Crippen LogP contribution in [0.25, 0.3) is 0 Å². The van der Waals surface area contributed by atoms with Crippen LogP contribution in [0.4, 0.5) is 0 Å². The molecule has 2 heteroatoms. The fourth-order valence-corrected chi connectivity index (χ4v) is 7.42. The number of hydrogen-bond donors (Lipinski definition) is 0. The van der Waals surface area contributed by atoms with Gasteiger partial charge in [0.25, 0.3) is 0 Å². The number of rotatable bonds is 4. The Morgan fingerprint density at radius 1 is 0.778 bits per heavy atom. The van der Waals surface area contributed by atoms with Crippen molar-refractivity contribution in [1.82, 2.24) is 0 Å². The first-order valence-electron chi connectivity index (χ1n) is 3.42. The number of hydrogen-bond acceptors (Lipinski definition) is 0. The van der Waals surface area contributed by atoms with Crippen molar-refractivity contribution in [2.24, 2.45) is 0 Å². The summed E-state index contributed by atoms with van der Waals surface area (Å²) < 4.78 is 3.26. The van der Waals surface area contributed by atoms with Crippen LogP contribution in [0.3, 0.4) is 0 Å². The van der Waals surface area contributed by atoms with Gasteiger partial charge in [-0.2, -0.15) is 0 Å². The summed E-state index contributed by atoms with van der Waals surface area (Å²) in [6, 6.07) is 0. The molecule has 0 aliphatic rings. The van der Waals surface area contributed by atoms with Crippen LogP contribution in [0, 0.1) is 0 Å². The second-order valence-electron chi connectivity index (χ2n) is 2.96. The molecule has 0 aliphatic heterocycles. The molecule has 0 aromatic heterocycles. The Morgan fingerprint density at radius 3 is 1.33 bits per heavy atom. The molecule has 0 aromatic rings. The van der Waals surface area contributed by atoms with Crippen molar-refractivity contribution in [2.75, 3.05) is 0 Å². The second kappa shape index (κ2) is 6.35. The van der Waals surface area contributed by atoms with Crippen molar-refractivity contribution < 1.29 is 0 Å². The minimum absolute atomic E-state index is 0.559. The first-order valence-corrected chi connectivity index (χ1v) is 17.2. The third-order valence-corrected chi connectivity index (χ3v) is 8.12. The molecule has 0 atom stereocenters. The molecule has 0 aliphatic carbocycles. The Labute approximate surface area is 74.3 Å². The van der Waals surface area contributed by atoms with E-state index in [4.69, 9.17) is 0 Å². The van der Waals surface area contributed by atoms with E-state index in [2.05, 4.69) is 19.5 Å². The van der Waals surface area contributed by atoms with Crippen LogP contribution < -0.4 is 0 Å². The summed E-state index contributed by atoms with van der Waals surface area (Å²) in [5.74, 6) is 0. The summed E-state index contributed by atoms with van der Waals surface area (Å²) in [7, 11) is 0. The molecular weight excluding hydrogens is 328 g/mol. The van der Waals surface area contributed by atoms with Gasteiger partial charge in [0.15, 0.2) is 0 Å². The molecule has 0 bridgehead atoms. The quantitative estimate of drug-likeness (QED) is 0.687. The molecule has 0 rings (SSSR count). The van der Waals surface area contributed by atoms with Gasteiger partial charge in [0, 0.05) is 0 Å². The van der Waals surface area contributed by atoms with Crippen molar-refractivity contribution >= 4 is 40.4 Å². The van der Waals surface area contributed by atoms with E-state index in [1.807, 2.05) is 0 Å². The summed E-state index contributed by atoms with van der Waals surface area (Å²) in [5.41, 5.74) is 0. The van der Waals surface area contributed by atoms with Crippen molar-refractivity contribution in [3.05, 3.63) is 0 Å². The molecule has 0 saturated heterocycles. The molecule has 0 radical (unpaired) electrons. The zero-order chi connectivity index (χ0) is 7.28. The van der Waals surface area contributed by atoms with Gasteiger partial charge < -0.3 is 0 Å². The molecule has 0 saturated carbocycles. The third-order valence-electron chi connectivity index (χ3n) is 1.21. The van der Waals surface area contributed by atoms with Crippen LogP contribution in [0.15, 0.2) is 0 Å². The fourth-order valence-electron chi connectivity index (χ4n) is 0.703. The van der Waals surface area contributed by atoms with E-state index in [0.717, 1.165) is 0 Å². The van der Waals surface area contributed by atoms with Crippen molar-refractivity contribution in [1.29, 1.82) is 0 Å². The molecule has 0 amide bonds. The molecule has 0 unspecified atom stereocenters. The van der Waals surface area contributed by atoms with Crippen LogP contribution >= 0.6 is 0 Å². The normalized spacial score (nSPS) is 11.3. The first-order chi connectivity index (χ1) is 4.13. The summed E-state index contributed by atoms with van der Waals surface area (Å²) in [6.07, 6.45) is 1.58. The first kappa shape index (κ1) is 10.6. The summed E-state index contributed by atoms with van der Waals surface area (Å²) in [6.45, 7) is 0. The summed E-state index contributed by atoms with van der Waals surface area (Å²) in [4.78, 5) is 9.98. The van der Waals surface area contributed by atoms with Gasteiger partial charge in [0.1, 0.15) is 0 Å². The van der Waals surface area contributed by atoms with E-state index < -0.39 is 40.4 Å². The summed E-state index contributed by atoms with van der Waals surface area (Å²) in [5, 5.41) is 0. The van der Waals surface area contributed by atoms with Crippen molar-refractivity contribution in [3.8, 4) is 0 Å². The molecule has 56 valence electrons. The molecule has 0 fully saturated rings. The molecule has 9 heavy (non-hydrogen) atoms. The van der Waals surface area contributed by atoms with Crippen LogP contribution in [0.5, 0.6) is 0 Å². The zero-order valence-corrected chi connectivity index (χ0v) is 12.1. The van der Waals surface area contributed by atoms with E-state index in [1.165, 1.54) is 0 Å². The Bertz CT molecular complexity index is 51.9. The van der Waals surface area contributed by atoms with Crippen LogP contribution in [-0.4, -0.2) is 40.4 Å². The molecule has 0 N–H and O–H groups in total. The average Bonchev–Trinajstić information content (AvgIpc) is 1.63. The van der Waals surface area contributed by atoms with Gasteiger partial charge >= 0.3 is 75.1 Å². The molecular formula is C7H18Sb2. The van der Waals surface area contributed by atoms with Gasteiger partial charge in [0.2, 0.25) is 0 Å². The SMILES string of the molecule is [CH3][Sb]([CH3])[CH2]C[CH2][Sb]([CH3])[CH3]. The van der Waals surface area contributed by atoms with E-state index in [-0.39, 0.29) is 0 Å². The van der Waals surface area contributed by atoms with Gasteiger partial charge in [0.05, 0.1) is 0 Å². The van der Waals surface area contributed by atoms with Crippen LogP contribution in [-0.2, 0) is 0 Å². The molecule has 0 heterocycles. The second-order valence-corrected chi connectivity index (χ2v) is 17.8. The Morgan fingerprint density at radius 2 is 1.11 bits per heavy atom. The maximum absolute atomic E-state index is 2.50. The summed E-state index contributed by atoms with van der Waals surface area (Å²) >= 11 is -1.12. The van der Waals surface area contributed by atoms with Gasteiger partial charge in [-0.25, -0.2) is 0 Å². The topological polar surface area (TPSA) is 0 Å². The predicted molar refractivity (Wildman–Crippen MR) is 49.2 cm³/mol. The maximum atomic E-state index is 2.50. The van der Waals surface area contributed by atoms with Crippen LogP contribution in [0.2, 0.25) is 28.2 Å². The van der Waals surface area contributed by atoms with Crippen molar-refractivity contribution in [2.45, 2.75) is 34.6 Å². The molecule has 0 spiro atoms. The molecule has 0 aromatic carbocycles. The zero-order valence-electron chi connectivity index (χ0n) is 7.02. The minimum atomic E-state index is -0.559. The van der Waals surface area contributed by atoms with E-state index in [1.54, 1.807) is 15.2 Å². The Hall–Kier alpha value is 1.64. The molecule has 0 nitrogen and oxygen atoms in total. The van der Waals surface area contributed by atoms with E-state index >= 15 is 0 Å². The fraction of sp³-hybridized carbons (Fsp3) is 1.00. The Kier molecular flexibility index (Phi) is 7.51. The monoisotopic (exact) mass is 344 g/mol. The standard InChI is InChI=1S/C3H6.4CH3.2Sb/c1-3-2;;;;;;/h1-3H2;4*1H3;;. The van der Waals surface area contributed by atoms with Crippen LogP contribution in [0.1, 0.15) is 6.42 Å². The van der Waals surface area contributed by atoms with E-state index in [9.17, 15) is 0 Å². The van der Waals surface area contributed by atoms with Crippen molar-refractivity contribution in [3.63, 3.8) is 0 Å². The van der Waals surface area contributed by atoms with Gasteiger partial charge in [-0.05, 0) is 0 Å².